The summed E-state index contributed by atoms with van der Waals surface area (Å²) >= 11 is 0. The Bertz CT molecular complexity index is 898. The lowest BCUT2D eigenvalue weighted by atomic mass is 10.2. The first-order valence-corrected chi connectivity index (χ1v) is 8.07. The van der Waals surface area contributed by atoms with Gasteiger partial charge in [-0.1, -0.05) is 24.3 Å². The van der Waals surface area contributed by atoms with Crippen LogP contribution in [0.15, 0.2) is 66.9 Å². The van der Waals surface area contributed by atoms with E-state index in [9.17, 15) is 9.18 Å². The van der Waals surface area contributed by atoms with Gasteiger partial charge >= 0.3 is 0 Å². The van der Waals surface area contributed by atoms with Gasteiger partial charge in [0.1, 0.15) is 24.0 Å². The molecule has 0 spiro atoms. The van der Waals surface area contributed by atoms with E-state index in [2.05, 4.69) is 10.3 Å². The lowest BCUT2D eigenvalue weighted by Crippen LogP contribution is -2.24. The number of halogens is 1. The van der Waals surface area contributed by atoms with Gasteiger partial charge in [0.05, 0.1) is 5.56 Å². The van der Waals surface area contributed by atoms with Gasteiger partial charge in [0.2, 0.25) is 0 Å². The Morgan fingerprint density at radius 3 is 2.62 bits per heavy atom. The summed E-state index contributed by atoms with van der Waals surface area (Å²) in [7, 11) is 0. The SMILES string of the molecule is Nc1ncccc1C(=O)NCc1ccc(OCc2cccc(F)c2)cc1. The highest BCUT2D eigenvalue weighted by atomic mass is 19.1. The van der Waals surface area contributed by atoms with Gasteiger partial charge in [0, 0.05) is 12.7 Å². The van der Waals surface area contributed by atoms with E-state index in [0.717, 1.165) is 11.1 Å². The summed E-state index contributed by atoms with van der Waals surface area (Å²) < 4.78 is 18.8. The summed E-state index contributed by atoms with van der Waals surface area (Å²) in [5.74, 6) is 0.306. The normalized spacial score (nSPS) is 10.3. The molecule has 0 aliphatic heterocycles. The van der Waals surface area contributed by atoms with Crippen LogP contribution < -0.4 is 15.8 Å². The fourth-order valence-electron chi connectivity index (χ4n) is 2.38. The van der Waals surface area contributed by atoms with E-state index in [1.165, 1.54) is 18.3 Å². The van der Waals surface area contributed by atoms with Crippen molar-refractivity contribution in [3.8, 4) is 5.75 Å². The fraction of sp³-hybridized carbons (Fsp3) is 0.100. The van der Waals surface area contributed by atoms with Gasteiger partial charge in [-0.25, -0.2) is 9.37 Å². The van der Waals surface area contributed by atoms with E-state index >= 15 is 0 Å². The van der Waals surface area contributed by atoms with Crippen molar-refractivity contribution >= 4 is 11.7 Å². The lowest BCUT2D eigenvalue weighted by molar-refractivity contribution is 0.0951. The summed E-state index contributed by atoms with van der Waals surface area (Å²) in [6, 6.07) is 16.9. The number of nitrogens with one attached hydrogen (secondary N) is 1. The van der Waals surface area contributed by atoms with Crippen molar-refractivity contribution in [3.05, 3.63) is 89.4 Å². The zero-order chi connectivity index (χ0) is 18.4. The molecule has 0 saturated heterocycles. The summed E-state index contributed by atoms with van der Waals surface area (Å²) in [4.78, 5) is 16.0. The predicted molar refractivity (Wildman–Crippen MR) is 97.0 cm³/mol. The molecule has 3 rings (SSSR count). The first kappa shape index (κ1) is 17.4. The monoisotopic (exact) mass is 351 g/mol. The number of carbonyl (C=O) groups excluding carboxylic acids is 1. The molecule has 0 unspecified atom stereocenters. The second kappa shape index (κ2) is 8.11. The molecule has 0 aliphatic rings. The molecule has 0 atom stereocenters. The minimum Gasteiger partial charge on any atom is -0.489 e. The Hall–Kier alpha value is -3.41. The zero-order valence-corrected chi connectivity index (χ0v) is 14.0. The van der Waals surface area contributed by atoms with Crippen molar-refractivity contribution in [1.29, 1.82) is 0 Å². The van der Waals surface area contributed by atoms with Crippen molar-refractivity contribution in [1.82, 2.24) is 10.3 Å². The molecule has 0 bridgehead atoms. The van der Waals surface area contributed by atoms with Crippen LogP contribution in [0.5, 0.6) is 5.75 Å². The van der Waals surface area contributed by atoms with E-state index in [1.54, 1.807) is 36.4 Å². The van der Waals surface area contributed by atoms with Gasteiger partial charge in [-0.3, -0.25) is 4.79 Å². The van der Waals surface area contributed by atoms with Crippen LogP contribution in [0.3, 0.4) is 0 Å². The third-order valence-electron chi connectivity index (χ3n) is 3.75. The average Bonchev–Trinajstić information content (AvgIpc) is 2.66. The topological polar surface area (TPSA) is 77.2 Å². The van der Waals surface area contributed by atoms with E-state index in [1.807, 2.05) is 12.1 Å². The number of amides is 1. The summed E-state index contributed by atoms with van der Waals surface area (Å²) in [5, 5.41) is 2.80. The van der Waals surface area contributed by atoms with Gasteiger partial charge in [-0.2, -0.15) is 0 Å². The van der Waals surface area contributed by atoms with Crippen LogP contribution in [0.2, 0.25) is 0 Å². The lowest BCUT2D eigenvalue weighted by Gasteiger charge is -2.09. The molecule has 6 heteroatoms. The first-order chi connectivity index (χ1) is 12.6. The number of nitrogens with zero attached hydrogens (tertiary/aromatic N) is 1. The van der Waals surface area contributed by atoms with E-state index in [-0.39, 0.29) is 24.1 Å². The quantitative estimate of drug-likeness (QED) is 0.714. The third-order valence-corrected chi connectivity index (χ3v) is 3.75. The third kappa shape index (κ3) is 4.57. The molecule has 3 aromatic rings. The molecule has 1 heterocycles. The number of anilines is 1. The molecular weight excluding hydrogens is 333 g/mol. The number of benzene rings is 2. The number of pyridine rings is 1. The molecule has 5 nitrogen and oxygen atoms in total. The molecule has 0 radical (unpaired) electrons. The molecule has 0 fully saturated rings. The van der Waals surface area contributed by atoms with Crippen molar-refractivity contribution in [2.45, 2.75) is 13.2 Å². The molecule has 26 heavy (non-hydrogen) atoms. The zero-order valence-electron chi connectivity index (χ0n) is 14.0. The van der Waals surface area contributed by atoms with Gasteiger partial charge in [0.25, 0.3) is 5.91 Å². The standard InChI is InChI=1S/C20H18FN3O2/c21-16-4-1-3-15(11-16)13-26-17-8-6-14(7-9-17)12-24-20(25)18-5-2-10-23-19(18)22/h1-11H,12-13H2,(H2,22,23)(H,24,25). The van der Waals surface area contributed by atoms with Gasteiger partial charge < -0.3 is 15.8 Å². The number of aromatic nitrogens is 1. The number of nitrogen functional groups attached to an aromatic ring is 1. The van der Waals surface area contributed by atoms with Gasteiger partial charge in [-0.15, -0.1) is 0 Å². The van der Waals surface area contributed by atoms with E-state index in [0.29, 0.717) is 17.9 Å². The van der Waals surface area contributed by atoms with Crippen molar-refractivity contribution in [2.24, 2.45) is 0 Å². The maximum atomic E-state index is 13.1. The predicted octanol–water partition coefficient (Wildman–Crippen LogP) is 3.31. The molecule has 1 amide bonds. The van der Waals surface area contributed by atoms with Crippen LogP contribution >= 0.6 is 0 Å². The Kier molecular flexibility index (Phi) is 5.43. The largest absolute Gasteiger partial charge is 0.489 e. The summed E-state index contributed by atoms with van der Waals surface area (Å²) in [6.07, 6.45) is 1.54. The maximum absolute atomic E-state index is 13.1. The van der Waals surface area contributed by atoms with Crippen LogP contribution in [0.25, 0.3) is 0 Å². The number of hydrogen-bond donors (Lipinski definition) is 2. The Morgan fingerprint density at radius 2 is 1.88 bits per heavy atom. The number of hydrogen-bond acceptors (Lipinski definition) is 4. The summed E-state index contributed by atoms with van der Waals surface area (Å²) in [6.45, 7) is 0.644. The van der Waals surface area contributed by atoms with E-state index in [4.69, 9.17) is 10.5 Å². The molecule has 132 valence electrons. The highest BCUT2D eigenvalue weighted by molar-refractivity contribution is 5.98. The van der Waals surface area contributed by atoms with Crippen LogP contribution in [0.1, 0.15) is 21.5 Å². The molecular formula is C20H18FN3O2. The Balaban J connectivity index is 1.53. The molecule has 0 aliphatic carbocycles. The van der Waals surface area contributed by atoms with Gasteiger partial charge in [-0.05, 0) is 47.5 Å². The van der Waals surface area contributed by atoms with Crippen LogP contribution in [0, 0.1) is 5.82 Å². The van der Waals surface area contributed by atoms with Crippen LogP contribution in [-0.2, 0) is 13.2 Å². The smallest absolute Gasteiger partial charge is 0.255 e. The second-order valence-electron chi connectivity index (χ2n) is 5.68. The van der Waals surface area contributed by atoms with Crippen LogP contribution in [0.4, 0.5) is 10.2 Å². The van der Waals surface area contributed by atoms with Gasteiger partial charge in [0.15, 0.2) is 0 Å². The Labute approximate surface area is 150 Å². The highest BCUT2D eigenvalue weighted by Gasteiger charge is 2.09. The second-order valence-corrected chi connectivity index (χ2v) is 5.68. The highest BCUT2D eigenvalue weighted by Crippen LogP contribution is 2.15. The average molecular weight is 351 g/mol. The number of rotatable bonds is 6. The number of nitrogens with two attached hydrogens (primary N) is 1. The fourth-order valence-corrected chi connectivity index (χ4v) is 2.38. The summed E-state index contributed by atoms with van der Waals surface area (Å²) in [5.41, 5.74) is 7.71. The van der Waals surface area contributed by atoms with Crippen LogP contribution in [-0.4, -0.2) is 10.9 Å². The van der Waals surface area contributed by atoms with Crippen molar-refractivity contribution in [3.63, 3.8) is 0 Å². The minimum absolute atomic E-state index is 0.200. The number of ether oxygens (including phenoxy) is 1. The Morgan fingerprint density at radius 1 is 1.08 bits per heavy atom. The molecule has 3 N–H and O–H groups in total. The molecule has 1 aromatic heterocycles. The molecule has 0 saturated carbocycles. The van der Waals surface area contributed by atoms with Crippen molar-refractivity contribution in [2.75, 3.05) is 5.73 Å². The minimum atomic E-state index is -0.286. The first-order valence-electron chi connectivity index (χ1n) is 8.07. The number of carbonyl (C=O) groups is 1. The van der Waals surface area contributed by atoms with Crippen molar-refractivity contribution < 1.29 is 13.9 Å². The maximum Gasteiger partial charge on any atom is 0.255 e. The molecule has 2 aromatic carbocycles. The van der Waals surface area contributed by atoms with E-state index < -0.39 is 0 Å².